The molecular weight excluding hydrogens is 354 g/mol. The number of carbonyl (C=O) groups excluding carboxylic acids is 1. The van der Waals surface area contributed by atoms with E-state index < -0.39 is 5.60 Å². The summed E-state index contributed by atoms with van der Waals surface area (Å²) in [7, 11) is 0. The summed E-state index contributed by atoms with van der Waals surface area (Å²) in [6.45, 7) is 6.18. The lowest BCUT2D eigenvalue weighted by atomic mass is 10.0. The quantitative estimate of drug-likeness (QED) is 0.636. The standard InChI is InChI=1S/C22H23N3O3/c1-22(2,3)27-21(26)25-14-13-18(25)20-23-19(24-28-20)17-11-9-16(10-12-17)15-7-5-4-6-8-15/h4-12,18H,13-14H2,1-3H3. The van der Waals surface area contributed by atoms with E-state index in [1.165, 1.54) is 0 Å². The Balaban J connectivity index is 1.48. The maximum Gasteiger partial charge on any atom is 0.410 e. The van der Waals surface area contributed by atoms with Crippen LogP contribution in [0.3, 0.4) is 0 Å². The van der Waals surface area contributed by atoms with Crippen LogP contribution in [0.2, 0.25) is 0 Å². The Morgan fingerprint density at radius 1 is 1.04 bits per heavy atom. The summed E-state index contributed by atoms with van der Waals surface area (Å²) >= 11 is 0. The molecule has 1 saturated heterocycles. The Morgan fingerprint density at radius 2 is 1.68 bits per heavy atom. The highest BCUT2D eigenvalue weighted by Crippen LogP contribution is 2.34. The summed E-state index contributed by atoms with van der Waals surface area (Å²) in [5.41, 5.74) is 2.63. The average Bonchev–Trinajstić information content (AvgIpc) is 3.09. The normalized spacial score (nSPS) is 16.5. The van der Waals surface area contributed by atoms with Crippen molar-refractivity contribution in [3.05, 3.63) is 60.5 Å². The molecule has 0 N–H and O–H groups in total. The van der Waals surface area contributed by atoms with Gasteiger partial charge in [0.05, 0.1) is 0 Å². The molecule has 0 spiro atoms. The molecule has 1 unspecified atom stereocenters. The van der Waals surface area contributed by atoms with Crippen LogP contribution in [0.15, 0.2) is 59.1 Å². The molecule has 144 valence electrons. The van der Waals surface area contributed by atoms with Gasteiger partial charge in [0.25, 0.3) is 0 Å². The summed E-state index contributed by atoms with van der Waals surface area (Å²) in [5, 5.41) is 4.10. The lowest BCUT2D eigenvalue weighted by molar-refractivity contribution is -0.0119. The molecule has 1 atom stereocenters. The van der Waals surface area contributed by atoms with E-state index in [9.17, 15) is 4.79 Å². The van der Waals surface area contributed by atoms with Gasteiger partial charge in [-0.3, -0.25) is 4.90 Å². The second-order valence-corrected chi connectivity index (χ2v) is 7.88. The fraction of sp³-hybridized carbons (Fsp3) is 0.318. The molecule has 1 aliphatic heterocycles. The van der Waals surface area contributed by atoms with E-state index in [4.69, 9.17) is 9.26 Å². The first-order valence-electron chi connectivity index (χ1n) is 9.40. The number of ether oxygens (including phenoxy) is 1. The van der Waals surface area contributed by atoms with Crippen LogP contribution >= 0.6 is 0 Å². The van der Waals surface area contributed by atoms with Gasteiger partial charge in [-0.05, 0) is 38.3 Å². The second kappa shape index (κ2) is 7.11. The smallest absolute Gasteiger partial charge is 0.410 e. The van der Waals surface area contributed by atoms with E-state index in [0.717, 1.165) is 23.1 Å². The molecule has 28 heavy (non-hydrogen) atoms. The predicted molar refractivity (Wildman–Crippen MR) is 105 cm³/mol. The molecule has 4 rings (SSSR count). The molecular formula is C22H23N3O3. The minimum absolute atomic E-state index is 0.223. The van der Waals surface area contributed by atoms with Crippen LogP contribution in [0.1, 0.15) is 39.1 Å². The van der Waals surface area contributed by atoms with E-state index in [-0.39, 0.29) is 12.1 Å². The van der Waals surface area contributed by atoms with Crippen LogP contribution in [0.4, 0.5) is 4.79 Å². The highest BCUT2D eigenvalue weighted by Gasteiger charge is 2.39. The SMILES string of the molecule is CC(C)(C)OC(=O)N1CCC1c1nc(-c2ccc(-c3ccccc3)cc2)no1. The van der Waals surface area contributed by atoms with E-state index in [2.05, 4.69) is 22.3 Å². The first-order chi connectivity index (χ1) is 13.4. The molecule has 2 heterocycles. The highest BCUT2D eigenvalue weighted by atomic mass is 16.6. The lowest BCUT2D eigenvalue weighted by Gasteiger charge is -2.39. The Labute approximate surface area is 164 Å². The maximum absolute atomic E-state index is 12.3. The topological polar surface area (TPSA) is 68.5 Å². The van der Waals surface area contributed by atoms with Gasteiger partial charge in [0.15, 0.2) is 0 Å². The zero-order chi connectivity index (χ0) is 19.7. The monoisotopic (exact) mass is 377 g/mol. The minimum atomic E-state index is -0.530. The van der Waals surface area contributed by atoms with Crippen molar-refractivity contribution in [3.63, 3.8) is 0 Å². The average molecular weight is 377 g/mol. The number of benzene rings is 2. The van der Waals surface area contributed by atoms with E-state index in [0.29, 0.717) is 18.3 Å². The zero-order valence-electron chi connectivity index (χ0n) is 16.3. The van der Waals surface area contributed by atoms with Gasteiger partial charge in [-0.15, -0.1) is 0 Å². The summed E-state index contributed by atoms with van der Waals surface area (Å²) in [4.78, 5) is 18.4. The Bertz CT molecular complexity index is 959. The first-order valence-corrected chi connectivity index (χ1v) is 9.40. The van der Waals surface area contributed by atoms with E-state index >= 15 is 0 Å². The maximum atomic E-state index is 12.3. The van der Waals surface area contributed by atoms with Crippen molar-refractivity contribution in [2.75, 3.05) is 6.54 Å². The van der Waals surface area contributed by atoms with Crippen molar-refractivity contribution in [2.24, 2.45) is 0 Å². The van der Waals surface area contributed by atoms with Gasteiger partial charge in [-0.2, -0.15) is 4.98 Å². The first kappa shape index (κ1) is 18.2. The number of likely N-dealkylation sites (tertiary alicyclic amines) is 1. The second-order valence-electron chi connectivity index (χ2n) is 7.88. The number of hydrogen-bond donors (Lipinski definition) is 0. The molecule has 1 aromatic heterocycles. The van der Waals surface area contributed by atoms with E-state index in [1.807, 2.05) is 63.2 Å². The van der Waals surface area contributed by atoms with Gasteiger partial charge in [0.2, 0.25) is 11.7 Å². The number of aromatic nitrogens is 2. The Kier molecular flexibility index (Phi) is 4.63. The molecule has 0 saturated carbocycles. The fourth-order valence-corrected chi connectivity index (χ4v) is 3.11. The van der Waals surface area contributed by atoms with Crippen molar-refractivity contribution in [3.8, 4) is 22.5 Å². The number of hydrogen-bond acceptors (Lipinski definition) is 5. The molecule has 1 fully saturated rings. The number of amides is 1. The van der Waals surface area contributed by atoms with Gasteiger partial charge in [0, 0.05) is 12.1 Å². The van der Waals surface area contributed by atoms with Crippen molar-refractivity contribution in [1.82, 2.24) is 15.0 Å². The van der Waals surface area contributed by atoms with Crippen LogP contribution in [0, 0.1) is 0 Å². The Morgan fingerprint density at radius 3 is 2.29 bits per heavy atom. The predicted octanol–water partition coefficient (Wildman–Crippen LogP) is 5.09. The van der Waals surface area contributed by atoms with Crippen molar-refractivity contribution in [2.45, 2.75) is 38.8 Å². The van der Waals surface area contributed by atoms with Gasteiger partial charge >= 0.3 is 6.09 Å². The van der Waals surface area contributed by atoms with Gasteiger partial charge < -0.3 is 9.26 Å². The third-order valence-corrected chi connectivity index (χ3v) is 4.62. The third kappa shape index (κ3) is 3.76. The van der Waals surface area contributed by atoms with Crippen molar-refractivity contribution >= 4 is 6.09 Å². The zero-order valence-corrected chi connectivity index (χ0v) is 16.3. The van der Waals surface area contributed by atoms with Gasteiger partial charge in [-0.25, -0.2) is 4.79 Å². The molecule has 0 bridgehead atoms. The summed E-state index contributed by atoms with van der Waals surface area (Å²) < 4.78 is 10.9. The van der Waals surface area contributed by atoms with Crippen LogP contribution in [0.25, 0.3) is 22.5 Å². The molecule has 1 aliphatic rings. The molecule has 1 amide bonds. The summed E-state index contributed by atoms with van der Waals surface area (Å²) in [5.74, 6) is 0.963. The minimum Gasteiger partial charge on any atom is -0.444 e. The molecule has 2 aromatic carbocycles. The molecule has 6 nitrogen and oxygen atoms in total. The van der Waals surface area contributed by atoms with Gasteiger partial charge in [0.1, 0.15) is 11.6 Å². The van der Waals surface area contributed by atoms with Gasteiger partial charge in [-0.1, -0.05) is 59.8 Å². The third-order valence-electron chi connectivity index (χ3n) is 4.62. The number of nitrogens with zero attached hydrogens (tertiary/aromatic N) is 3. The number of carbonyl (C=O) groups is 1. The molecule has 0 aliphatic carbocycles. The number of rotatable bonds is 3. The molecule has 6 heteroatoms. The largest absolute Gasteiger partial charge is 0.444 e. The van der Waals surface area contributed by atoms with Crippen molar-refractivity contribution < 1.29 is 14.1 Å². The Hall–Kier alpha value is -3.15. The summed E-state index contributed by atoms with van der Waals surface area (Å²) in [6, 6.07) is 18.0. The van der Waals surface area contributed by atoms with Crippen LogP contribution < -0.4 is 0 Å². The fourth-order valence-electron chi connectivity index (χ4n) is 3.11. The summed E-state index contributed by atoms with van der Waals surface area (Å²) in [6.07, 6.45) is 0.434. The van der Waals surface area contributed by atoms with Crippen LogP contribution in [0.5, 0.6) is 0 Å². The molecule has 3 aromatic rings. The van der Waals surface area contributed by atoms with Crippen molar-refractivity contribution in [1.29, 1.82) is 0 Å². The van der Waals surface area contributed by atoms with Crippen LogP contribution in [-0.4, -0.2) is 33.3 Å². The van der Waals surface area contributed by atoms with Crippen LogP contribution in [-0.2, 0) is 4.74 Å². The lowest BCUT2D eigenvalue weighted by Crippen LogP contribution is -2.47. The van der Waals surface area contributed by atoms with E-state index in [1.54, 1.807) is 4.90 Å². The highest BCUT2D eigenvalue weighted by molar-refractivity contribution is 5.70. The molecule has 0 radical (unpaired) electrons.